The Balaban J connectivity index is 0.859. The highest BCUT2D eigenvalue weighted by Crippen LogP contribution is 2.87. The summed E-state index contributed by atoms with van der Waals surface area (Å²) in [6.45, 7) is 19.6. The first-order valence-corrected chi connectivity index (χ1v) is 20.6. The van der Waals surface area contributed by atoms with E-state index in [4.69, 9.17) is 18.9 Å². The maximum Gasteiger partial charge on any atom is 0.170 e. The largest absolute Gasteiger partial charge is 0.388 e. The molecule has 7 nitrogen and oxygen atoms in total. The molecule has 0 aromatic heterocycles. The van der Waals surface area contributed by atoms with Crippen LogP contribution in [0.1, 0.15) is 125 Å². The minimum Gasteiger partial charge on any atom is -0.388 e. The number of nitrogens with zero attached hydrogens (tertiary/aromatic N) is 2. The van der Waals surface area contributed by atoms with Crippen LogP contribution in [0.5, 0.6) is 0 Å². The summed E-state index contributed by atoms with van der Waals surface area (Å²) in [4.78, 5) is 5.41. The van der Waals surface area contributed by atoms with Gasteiger partial charge in [0.05, 0.1) is 30.5 Å². The fourth-order valence-electron chi connectivity index (χ4n) is 14.7. The van der Waals surface area contributed by atoms with Crippen LogP contribution in [0, 0.1) is 45.3 Å². The van der Waals surface area contributed by atoms with E-state index in [0.29, 0.717) is 47.0 Å². The Bertz CT molecular complexity index is 1210. The van der Waals surface area contributed by atoms with Crippen molar-refractivity contribution in [3.63, 3.8) is 0 Å². The van der Waals surface area contributed by atoms with Crippen LogP contribution in [0.2, 0.25) is 0 Å². The third-order valence-electron chi connectivity index (χ3n) is 17.3. The molecule has 0 amide bonds. The summed E-state index contributed by atoms with van der Waals surface area (Å²) < 4.78 is 26.5. The number of likely N-dealkylation sites (tertiary alicyclic amines) is 1. The number of morpholine rings is 1. The number of hydrogen-bond donors (Lipinski definition) is 1. The molecule has 9 aliphatic rings. The minimum absolute atomic E-state index is 0.000961. The van der Waals surface area contributed by atoms with Crippen molar-refractivity contribution in [2.45, 2.75) is 173 Å². The van der Waals surface area contributed by atoms with Crippen LogP contribution in [-0.4, -0.2) is 103 Å². The first-order valence-electron chi connectivity index (χ1n) is 20.6. The van der Waals surface area contributed by atoms with E-state index in [2.05, 4.69) is 30.6 Å². The van der Waals surface area contributed by atoms with E-state index >= 15 is 0 Å². The van der Waals surface area contributed by atoms with Gasteiger partial charge in [-0.05, 0) is 143 Å². The van der Waals surface area contributed by atoms with Gasteiger partial charge in [-0.1, -0.05) is 27.2 Å². The van der Waals surface area contributed by atoms with Gasteiger partial charge in [-0.2, -0.15) is 0 Å². The lowest BCUT2D eigenvalue weighted by Gasteiger charge is -2.60. The second-order valence-corrected chi connectivity index (χ2v) is 20.0. The Morgan fingerprint density at radius 3 is 2.38 bits per heavy atom. The van der Waals surface area contributed by atoms with Crippen LogP contribution >= 0.6 is 0 Å². The van der Waals surface area contributed by atoms with Gasteiger partial charge >= 0.3 is 0 Å². The zero-order valence-electron chi connectivity index (χ0n) is 31.3. The third-order valence-corrected chi connectivity index (χ3v) is 17.3. The molecule has 6 saturated carbocycles. The quantitative estimate of drug-likeness (QED) is 0.311. The molecular formula is C41H68N2O5. The SMILES string of the molecule is CCO[C@@H](C1CCC2C(CC3C4CCC5C(C)(C)[C@@H](OC6CN(C7CN(C8CCC8)C7)CCO6)CC[C@@]56CC46CCC23C)O1)C(C)(C)O. The van der Waals surface area contributed by atoms with Crippen molar-refractivity contribution in [1.29, 1.82) is 0 Å². The van der Waals surface area contributed by atoms with Gasteiger partial charge in [0.1, 0.15) is 6.10 Å². The van der Waals surface area contributed by atoms with Crippen molar-refractivity contribution in [3.8, 4) is 0 Å². The van der Waals surface area contributed by atoms with Crippen molar-refractivity contribution in [1.82, 2.24) is 9.80 Å². The zero-order valence-corrected chi connectivity index (χ0v) is 31.3. The van der Waals surface area contributed by atoms with Crippen molar-refractivity contribution >= 4 is 0 Å². The molecule has 0 aromatic rings. The van der Waals surface area contributed by atoms with Gasteiger partial charge in [0.25, 0.3) is 0 Å². The first-order chi connectivity index (χ1) is 22.9. The zero-order chi connectivity index (χ0) is 33.3. The van der Waals surface area contributed by atoms with Crippen molar-refractivity contribution in [2.75, 3.05) is 39.4 Å². The second kappa shape index (κ2) is 11.6. The predicted octanol–water partition coefficient (Wildman–Crippen LogP) is 6.65. The Morgan fingerprint density at radius 2 is 1.65 bits per heavy atom. The molecule has 9 fully saturated rings. The highest BCUT2D eigenvalue weighted by molar-refractivity contribution is 5.29. The summed E-state index contributed by atoms with van der Waals surface area (Å²) in [6, 6.07) is 1.57. The monoisotopic (exact) mass is 669 g/mol. The topological polar surface area (TPSA) is 63.6 Å². The second-order valence-electron chi connectivity index (χ2n) is 20.0. The van der Waals surface area contributed by atoms with E-state index in [0.717, 1.165) is 49.9 Å². The number of fused-ring (bicyclic) bond motifs is 4. The molecule has 0 radical (unpaired) electrons. The van der Waals surface area contributed by atoms with Gasteiger partial charge in [0, 0.05) is 44.9 Å². The molecule has 3 aliphatic heterocycles. The van der Waals surface area contributed by atoms with E-state index < -0.39 is 5.60 Å². The lowest BCUT2D eigenvalue weighted by Crippen LogP contribution is -2.66. The van der Waals surface area contributed by atoms with E-state index in [-0.39, 0.29) is 23.9 Å². The molecule has 12 atom stereocenters. The first kappa shape index (κ1) is 33.5. The van der Waals surface area contributed by atoms with Gasteiger partial charge in [0.15, 0.2) is 6.29 Å². The minimum atomic E-state index is -0.892. The summed E-state index contributed by atoms with van der Waals surface area (Å²) in [6.07, 6.45) is 17.6. The molecule has 272 valence electrons. The highest BCUT2D eigenvalue weighted by atomic mass is 16.7. The summed E-state index contributed by atoms with van der Waals surface area (Å²) in [5.41, 5.74) is 0.756. The van der Waals surface area contributed by atoms with Crippen molar-refractivity contribution < 1.29 is 24.1 Å². The fourth-order valence-corrected chi connectivity index (χ4v) is 14.7. The summed E-state index contributed by atoms with van der Waals surface area (Å²) in [5, 5.41) is 11.0. The van der Waals surface area contributed by atoms with Gasteiger partial charge in [0.2, 0.25) is 0 Å². The molecule has 3 saturated heterocycles. The van der Waals surface area contributed by atoms with Crippen LogP contribution in [-0.2, 0) is 18.9 Å². The Morgan fingerprint density at radius 1 is 0.854 bits per heavy atom. The van der Waals surface area contributed by atoms with Gasteiger partial charge in [-0.25, -0.2) is 0 Å². The normalized spacial score (nSPS) is 49.8. The molecular weight excluding hydrogens is 600 g/mol. The predicted molar refractivity (Wildman–Crippen MR) is 186 cm³/mol. The van der Waals surface area contributed by atoms with Crippen molar-refractivity contribution in [3.05, 3.63) is 0 Å². The molecule has 9 rings (SSSR count). The average Bonchev–Trinajstić information content (AvgIpc) is 3.57. The Labute approximate surface area is 291 Å². The van der Waals surface area contributed by atoms with Crippen molar-refractivity contribution in [2.24, 2.45) is 45.3 Å². The molecule has 0 aromatic carbocycles. The lowest BCUT2D eigenvalue weighted by molar-refractivity contribution is -0.251. The van der Waals surface area contributed by atoms with E-state index in [1.165, 1.54) is 90.1 Å². The molecule has 0 bridgehead atoms. The molecule has 9 unspecified atom stereocenters. The highest BCUT2D eigenvalue weighted by Gasteiger charge is 2.80. The lowest BCUT2D eigenvalue weighted by atomic mass is 9.46. The van der Waals surface area contributed by atoms with Crippen LogP contribution in [0.15, 0.2) is 0 Å². The summed E-state index contributed by atoms with van der Waals surface area (Å²) >= 11 is 0. The van der Waals surface area contributed by atoms with Crippen LogP contribution in [0.3, 0.4) is 0 Å². The molecule has 6 aliphatic carbocycles. The fraction of sp³-hybridized carbons (Fsp3) is 1.00. The number of hydrogen-bond acceptors (Lipinski definition) is 7. The molecule has 7 heteroatoms. The number of rotatable bonds is 8. The maximum atomic E-state index is 11.0. The molecule has 1 N–H and O–H groups in total. The maximum absolute atomic E-state index is 11.0. The molecule has 48 heavy (non-hydrogen) atoms. The van der Waals surface area contributed by atoms with Gasteiger partial charge in [-0.3, -0.25) is 9.80 Å². The van der Waals surface area contributed by atoms with Crippen LogP contribution in [0.4, 0.5) is 0 Å². The molecule has 2 spiro atoms. The average molecular weight is 669 g/mol. The van der Waals surface area contributed by atoms with Gasteiger partial charge in [-0.15, -0.1) is 0 Å². The number of aliphatic hydroxyl groups is 1. The van der Waals surface area contributed by atoms with Crippen LogP contribution < -0.4 is 0 Å². The van der Waals surface area contributed by atoms with Gasteiger partial charge < -0.3 is 24.1 Å². The standard InChI is InChI=1S/C41H68N2O5/c1-7-45-36(38(4,5)44)31-13-11-29-32(47-31)21-30-28-12-14-33-37(2,3)34(15-16-41(33)25-40(28,41)18-17-39(29,30)6)48-35-24-42(19-20-46-35)27-22-43(23-27)26-9-8-10-26/h26-36,44H,7-25H2,1-6H3/t28?,29?,30?,31?,32?,33?,34-,35?,36-,39?,40?,41+/m0/s1. The third kappa shape index (κ3) is 4.89. The summed E-state index contributed by atoms with van der Waals surface area (Å²) in [5.74, 6) is 3.04. The molecule has 3 heterocycles. The Kier molecular flexibility index (Phi) is 8.11. The smallest absolute Gasteiger partial charge is 0.170 e. The van der Waals surface area contributed by atoms with E-state index in [1.54, 1.807) is 0 Å². The van der Waals surface area contributed by atoms with Crippen LogP contribution in [0.25, 0.3) is 0 Å². The Hall–Kier alpha value is -0.280. The van der Waals surface area contributed by atoms with E-state index in [1.807, 2.05) is 20.8 Å². The van der Waals surface area contributed by atoms with E-state index in [9.17, 15) is 5.11 Å². The number of ether oxygens (including phenoxy) is 4. The summed E-state index contributed by atoms with van der Waals surface area (Å²) in [7, 11) is 0.